The standard InChI is InChI=1S/C13H19N/c1-10-5-6-11-12(9-10)14(4)8-7-13(11,2)3/h5-6,9H,7-8H2,1-4H3. The highest BCUT2D eigenvalue weighted by Crippen LogP contribution is 2.39. The van der Waals surface area contributed by atoms with Gasteiger partial charge in [0.2, 0.25) is 0 Å². The number of fused-ring (bicyclic) bond motifs is 1. The van der Waals surface area contributed by atoms with Gasteiger partial charge in [-0.3, -0.25) is 0 Å². The van der Waals surface area contributed by atoms with Crippen LogP contribution in [0.3, 0.4) is 0 Å². The van der Waals surface area contributed by atoms with Crippen LogP contribution in [-0.4, -0.2) is 13.6 Å². The summed E-state index contributed by atoms with van der Waals surface area (Å²) >= 11 is 0. The minimum atomic E-state index is 0.343. The summed E-state index contributed by atoms with van der Waals surface area (Å²) in [5.74, 6) is 0. The molecule has 0 atom stereocenters. The van der Waals surface area contributed by atoms with Crippen molar-refractivity contribution in [2.45, 2.75) is 32.6 Å². The molecule has 1 aliphatic heterocycles. The summed E-state index contributed by atoms with van der Waals surface area (Å²) in [4.78, 5) is 2.37. The van der Waals surface area contributed by atoms with Crippen molar-refractivity contribution >= 4 is 5.69 Å². The van der Waals surface area contributed by atoms with Gasteiger partial charge in [-0.05, 0) is 36.0 Å². The molecule has 1 aromatic carbocycles. The molecular formula is C13H19N. The van der Waals surface area contributed by atoms with Crippen LogP contribution in [0.25, 0.3) is 0 Å². The highest BCUT2D eigenvalue weighted by atomic mass is 15.1. The SMILES string of the molecule is Cc1ccc2c(c1)N(C)CCC2(C)C. The molecule has 14 heavy (non-hydrogen) atoms. The van der Waals surface area contributed by atoms with Gasteiger partial charge in [-0.2, -0.15) is 0 Å². The maximum absolute atomic E-state index is 2.37. The topological polar surface area (TPSA) is 3.24 Å². The van der Waals surface area contributed by atoms with E-state index < -0.39 is 0 Å². The molecule has 1 aromatic rings. The van der Waals surface area contributed by atoms with Crippen LogP contribution in [0.2, 0.25) is 0 Å². The van der Waals surface area contributed by atoms with Gasteiger partial charge in [0.15, 0.2) is 0 Å². The van der Waals surface area contributed by atoms with Gasteiger partial charge in [-0.15, -0.1) is 0 Å². The fourth-order valence-electron chi connectivity index (χ4n) is 2.23. The molecule has 1 heterocycles. The minimum absolute atomic E-state index is 0.343. The molecule has 0 amide bonds. The molecule has 0 bridgehead atoms. The Hall–Kier alpha value is -0.980. The van der Waals surface area contributed by atoms with Gasteiger partial charge in [0, 0.05) is 19.3 Å². The Labute approximate surface area is 86.7 Å². The van der Waals surface area contributed by atoms with Crippen LogP contribution in [-0.2, 0) is 5.41 Å². The van der Waals surface area contributed by atoms with Crippen LogP contribution in [0.5, 0.6) is 0 Å². The zero-order valence-corrected chi connectivity index (χ0v) is 9.59. The number of anilines is 1. The van der Waals surface area contributed by atoms with Crippen molar-refractivity contribution in [2.24, 2.45) is 0 Å². The first-order valence-corrected chi connectivity index (χ1v) is 5.33. The Morgan fingerprint density at radius 3 is 2.71 bits per heavy atom. The lowest BCUT2D eigenvalue weighted by Crippen LogP contribution is -2.34. The zero-order valence-electron chi connectivity index (χ0n) is 9.59. The highest BCUT2D eigenvalue weighted by Gasteiger charge is 2.29. The van der Waals surface area contributed by atoms with Crippen molar-refractivity contribution in [3.8, 4) is 0 Å². The second-order valence-electron chi connectivity index (χ2n) is 5.08. The van der Waals surface area contributed by atoms with Crippen LogP contribution in [0.1, 0.15) is 31.4 Å². The summed E-state index contributed by atoms with van der Waals surface area (Å²) in [7, 11) is 2.19. The van der Waals surface area contributed by atoms with Gasteiger partial charge >= 0.3 is 0 Å². The van der Waals surface area contributed by atoms with Crippen molar-refractivity contribution in [3.63, 3.8) is 0 Å². The minimum Gasteiger partial charge on any atom is -0.374 e. The molecule has 0 saturated carbocycles. The van der Waals surface area contributed by atoms with E-state index in [2.05, 4.69) is 50.9 Å². The lowest BCUT2D eigenvalue weighted by molar-refractivity contribution is 0.462. The normalized spacial score (nSPS) is 19.3. The Morgan fingerprint density at radius 2 is 2.00 bits per heavy atom. The molecule has 1 aliphatic rings. The van der Waals surface area contributed by atoms with Crippen LogP contribution in [0.4, 0.5) is 5.69 Å². The second-order valence-corrected chi connectivity index (χ2v) is 5.08. The Kier molecular flexibility index (Phi) is 2.06. The third kappa shape index (κ3) is 1.41. The third-order valence-electron chi connectivity index (χ3n) is 3.37. The smallest absolute Gasteiger partial charge is 0.0404 e. The molecule has 1 heteroatoms. The Morgan fingerprint density at radius 1 is 1.29 bits per heavy atom. The van der Waals surface area contributed by atoms with Gasteiger partial charge in [0.05, 0.1) is 0 Å². The number of nitrogens with zero attached hydrogens (tertiary/aromatic N) is 1. The summed E-state index contributed by atoms with van der Waals surface area (Å²) in [5, 5.41) is 0. The summed E-state index contributed by atoms with van der Waals surface area (Å²) in [5.41, 5.74) is 4.61. The summed E-state index contributed by atoms with van der Waals surface area (Å²) < 4.78 is 0. The molecule has 1 nitrogen and oxygen atoms in total. The van der Waals surface area contributed by atoms with Crippen molar-refractivity contribution in [3.05, 3.63) is 29.3 Å². The molecule has 0 aliphatic carbocycles. The van der Waals surface area contributed by atoms with Crippen LogP contribution < -0.4 is 4.90 Å². The summed E-state index contributed by atoms with van der Waals surface area (Å²) in [6, 6.07) is 6.82. The molecule has 0 fully saturated rings. The van der Waals surface area contributed by atoms with Gasteiger partial charge in [0.25, 0.3) is 0 Å². The van der Waals surface area contributed by atoms with E-state index in [-0.39, 0.29) is 0 Å². The first-order valence-electron chi connectivity index (χ1n) is 5.33. The molecule has 76 valence electrons. The molecule has 0 radical (unpaired) electrons. The Bertz CT molecular complexity index is 352. The van der Waals surface area contributed by atoms with Gasteiger partial charge in [0.1, 0.15) is 0 Å². The fraction of sp³-hybridized carbons (Fsp3) is 0.538. The maximum Gasteiger partial charge on any atom is 0.0404 e. The number of benzene rings is 1. The van der Waals surface area contributed by atoms with E-state index in [9.17, 15) is 0 Å². The van der Waals surface area contributed by atoms with Crippen molar-refractivity contribution < 1.29 is 0 Å². The van der Waals surface area contributed by atoms with Crippen LogP contribution in [0, 0.1) is 6.92 Å². The first-order chi connectivity index (χ1) is 6.50. The molecule has 0 unspecified atom stereocenters. The van der Waals surface area contributed by atoms with Crippen molar-refractivity contribution in [1.82, 2.24) is 0 Å². The lowest BCUT2D eigenvalue weighted by Gasteiger charge is -2.38. The zero-order chi connectivity index (χ0) is 10.3. The van der Waals surface area contributed by atoms with E-state index in [1.165, 1.54) is 29.8 Å². The highest BCUT2D eigenvalue weighted by molar-refractivity contribution is 5.59. The largest absolute Gasteiger partial charge is 0.374 e. The second kappa shape index (κ2) is 3.01. The van der Waals surface area contributed by atoms with Crippen molar-refractivity contribution in [2.75, 3.05) is 18.5 Å². The van der Waals surface area contributed by atoms with E-state index in [4.69, 9.17) is 0 Å². The van der Waals surface area contributed by atoms with E-state index in [0.717, 1.165) is 0 Å². The van der Waals surface area contributed by atoms with Gasteiger partial charge in [-0.25, -0.2) is 0 Å². The number of hydrogen-bond donors (Lipinski definition) is 0. The average Bonchev–Trinajstić information content (AvgIpc) is 2.12. The summed E-state index contributed by atoms with van der Waals surface area (Å²) in [6.07, 6.45) is 1.25. The van der Waals surface area contributed by atoms with Gasteiger partial charge < -0.3 is 4.90 Å². The average molecular weight is 189 g/mol. The predicted molar refractivity (Wildman–Crippen MR) is 62.1 cm³/mol. The third-order valence-corrected chi connectivity index (χ3v) is 3.37. The summed E-state index contributed by atoms with van der Waals surface area (Å²) in [6.45, 7) is 8.02. The quantitative estimate of drug-likeness (QED) is 0.606. The number of hydrogen-bond acceptors (Lipinski definition) is 1. The Balaban J connectivity index is 2.57. The fourth-order valence-corrected chi connectivity index (χ4v) is 2.23. The molecule has 0 spiro atoms. The maximum atomic E-state index is 2.37. The van der Waals surface area contributed by atoms with E-state index in [1.54, 1.807) is 0 Å². The molecule has 0 N–H and O–H groups in total. The van der Waals surface area contributed by atoms with E-state index in [0.29, 0.717) is 5.41 Å². The monoisotopic (exact) mass is 189 g/mol. The van der Waals surface area contributed by atoms with Crippen LogP contribution >= 0.6 is 0 Å². The van der Waals surface area contributed by atoms with E-state index in [1.807, 2.05) is 0 Å². The predicted octanol–water partition coefficient (Wildman–Crippen LogP) is 3.11. The molecule has 0 aromatic heterocycles. The molecule has 2 rings (SSSR count). The lowest BCUT2D eigenvalue weighted by atomic mass is 9.77. The van der Waals surface area contributed by atoms with Crippen LogP contribution in [0.15, 0.2) is 18.2 Å². The van der Waals surface area contributed by atoms with Gasteiger partial charge in [-0.1, -0.05) is 26.0 Å². The van der Waals surface area contributed by atoms with Crippen molar-refractivity contribution in [1.29, 1.82) is 0 Å². The molecular weight excluding hydrogens is 170 g/mol. The van der Waals surface area contributed by atoms with E-state index >= 15 is 0 Å². The first kappa shape index (κ1) is 9.57. The number of rotatable bonds is 0. The molecule has 0 saturated heterocycles. The number of aryl methyl sites for hydroxylation is 1.